The van der Waals surface area contributed by atoms with Gasteiger partial charge in [0.1, 0.15) is 0 Å². The Morgan fingerprint density at radius 2 is 1.65 bits per heavy atom. The van der Waals surface area contributed by atoms with Crippen molar-refractivity contribution in [3.05, 3.63) is 23.8 Å². The van der Waals surface area contributed by atoms with Gasteiger partial charge in [-0.1, -0.05) is 33.6 Å². The molecule has 2 aliphatic rings. The molecule has 0 heterocycles. The molecule has 98 valence electrons. The Morgan fingerprint density at radius 1 is 1.12 bits per heavy atom. The van der Waals surface area contributed by atoms with Gasteiger partial charge in [-0.2, -0.15) is 6.08 Å². The molecule has 0 nitrogen and oxygen atoms in total. The van der Waals surface area contributed by atoms with Crippen molar-refractivity contribution in [1.29, 1.82) is 0 Å². The molecule has 0 spiro atoms. The van der Waals surface area contributed by atoms with Crippen molar-refractivity contribution in [2.24, 2.45) is 10.8 Å². The van der Waals surface area contributed by atoms with Gasteiger partial charge in [-0.05, 0) is 23.7 Å². The van der Waals surface area contributed by atoms with E-state index < -0.39 is 0 Å². The zero-order valence-electron chi connectivity index (χ0n) is 11.0. The van der Waals surface area contributed by atoms with Gasteiger partial charge in [0.05, 0.1) is 0 Å². The van der Waals surface area contributed by atoms with E-state index in [2.05, 4.69) is 39.0 Å². The van der Waals surface area contributed by atoms with Gasteiger partial charge in [0.25, 0.3) is 0 Å². The Bertz CT molecular complexity index is 281. The van der Waals surface area contributed by atoms with Gasteiger partial charge in [-0.15, -0.1) is 31.2 Å². The Hall–Kier alpha value is 0.943. The van der Waals surface area contributed by atoms with E-state index in [1.165, 1.54) is 31.3 Å². The van der Waals surface area contributed by atoms with Crippen LogP contribution >= 0.6 is 24.8 Å². The molecule has 0 aliphatic heterocycles. The first-order valence-electron chi connectivity index (χ1n) is 5.84. The second kappa shape index (κ2) is 7.51. The maximum Gasteiger partial charge on any atom is 0 e. The summed E-state index contributed by atoms with van der Waals surface area (Å²) in [7, 11) is 0. The van der Waals surface area contributed by atoms with Crippen molar-refractivity contribution in [3.63, 3.8) is 0 Å². The summed E-state index contributed by atoms with van der Waals surface area (Å²) in [5.41, 5.74) is 2.32. The molecule has 1 saturated carbocycles. The monoisotopic (exact) mass is 351 g/mol. The molecule has 0 aromatic heterocycles. The molecule has 0 aromatic carbocycles. The molecule has 2 aliphatic carbocycles. The third kappa shape index (κ3) is 3.71. The van der Waals surface area contributed by atoms with Crippen molar-refractivity contribution in [2.45, 2.75) is 52.9 Å². The van der Waals surface area contributed by atoms with Gasteiger partial charge >= 0.3 is 0 Å². The average molecular weight is 353 g/mol. The third-order valence-electron chi connectivity index (χ3n) is 4.10. The molecular weight excluding hydrogens is 330 g/mol. The van der Waals surface area contributed by atoms with E-state index in [9.17, 15) is 0 Å². The van der Waals surface area contributed by atoms with Crippen LogP contribution in [0, 0.1) is 16.9 Å². The Labute approximate surface area is 138 Å². The van der Waals surface area contributed by atoms with Crippen molar-refractivity contribution in [1.82, 2.24) is 0 Å². The van der Waals surface area contributed by atoms with Crippen LogP contribution in [-0.2, 0) is 26.2 Å². The van der Waals surface area contributed by atoms with Gasteiger partial charge < -0.3 is 0 Å². The van der Waals surface area contributed by atoms with Crippen LogP contribution in [0.15, 0.2) is 17.7 Å². The second-order valence-electron chi connectivity index (χ2n) is 5.74. The SMILES string of the molecule is CC(C)(C)C1(C2=[C-]CC=C2)CCCC1.Cl.Cl.[Zr]. The zero-order valence-corrected chi connectivity index (χ0v) is 15.1. The van der Waals surface area contributed by atoms with Crippen LogP contribution in [0.25, 0.3) is 0 Å². The number of rotatable bonds is 1. The van der Waals surface area contributed by atoms with Crippen LogP contribution in [0.2, 0.25) is 0 Å². The molecule has 0 aromatic rings. The predicted molar refractivity (Wildman–Crippen MR) is 75.4 cm³/mol. The van der Waals surface area contributed by atoms with E-state index in [4.69, 9.17) is 0 Å². The second-order valence-corrected chi connectivity index (χ2v) is 5.74. The minimum absolute atomic E-state index is 0. The summed E-state index contributed by atoms with van der Waals surface area (Å²) in [4.78, 5) is 0. The van der Waals surface area contributed by atoms with Crippen molar-refractivity contribution >= 4 is 24.8 Å². The maximum atomic E-state index is 3.55. The molecular formula is C14H23Cl2Zr-. The molecule has 3 heteroatoms. The van der Waals surface area contributed by atoms with Crippen LogP contribution in [0.1, 0.15) is 52.9 Å². The van der Waals surface area contributed by atoms with E-state index in [1.54, 1.807) is 0 Å². The Morgan fingerprint density at radius 3 is 2.00 bits per heavy atom. The molecule has 1 fully saturated rings. The summed E-state index contributed by atoms with van der Waals surface area (Å²) in [6, 6.07) is 0. The third-order valence-corrected chi connectivity index (χ3v) is 4.10. The molecule has 0 amide bonds. The van der Waals surface area contributed by atoms with E-state index in [1.807, 2.05) is 0 Å². The number of halogens is 2. The van der Waals surface area contributed by atoms with Crippen molar-refractivity contribution in [2.75, 3.05) is 0 Å². The van der Waals surface area contributed by atoms with Gasteiger partial charge in [0.15, 0.2) is 0 Å². The molecule has 0 unspecified atom stereocenters. The topological polar surface area (TPSA) is 0 Å². The minimum Gasteiger partial charge on any atom is -0.269 e. The van der Waals surface area contributed by atoms with Crippen LogP contribution in [0.4, 0.5) is 0 Å². The fourth-order valence-corrected chi connectivity index (χ4v) is 3.14. The summed E-state index contributed by atoms with van der Waals surface area (Å²) in [5, 5.41) is 0. The zero-order chi connectivity index (χ0) is 10.2. The fourth-order valence-electron chi connectivity index (χ4n) is 3.14. The Kier molecular flexibility index (Phi) is 8.96. The molecule has 0 N–H and O–H groups in total. The Balaban J connectivity index is 0. The molecule has 2 rings (SSSR count). The minimum atomic E-state index is 0. The summed E-state index contributed by atoms with van der Waals surface area (Å²) in [5.74, 6) is 0. The van der Waals surface area contributed by atoms with Crippen LogP contribution in [0.5, 0.6) is 0 Å². The standard InChI is InChI=1S/C14H21.2ClH.Zr/c1-13(2,3)14(10-6-7-11-14)12-8-4-5-9-12;;;/h4,8H,5-7,10-11H2,1-3H3;2*1H;/q-1;;;. The first-order chi connectivity index (χ1) is 6.56. The first-order valence-corrected chi connectivity index (χ1v) is 5.84. The average Bonchev–Trinajstić information content (AvgIpc) is 2.74. The number of allylic oxidation sites excluding steroid dienone is 4. The molecule has 0 bridgehead atoms. The van der Waals surface area contributed by atoms with Crippen LogP contribution in [-0.4, -0.2) is 0 Å². The number of hydrogen-bond donors (Lipinski definition) is 0. The molecule has 17 heavy (non-hydrogen) atoms. The van der Waals surface area contributed by atoms with Gasteiger partial charge in [0.2, 0.25) is 0 Å². The largest absolute Gasteiger partial charge is 0.269 e. The summed E-state index contributed by atoms with van der Waals surface area (Å²) in [6.45, 7) is 7.16. The normalized spacial score (nSPS) is 21.0. The van der Waals surface area contributed by atoms with E-state index >= 15 is 0 Å². The van der Waals surface area contributed by atoms with Crippen molar-refractivity contribution < 1.29 is 26.2 Å². The van der Waals surface area contributed by atoms with Crippen LogP contribution < -0.4 is 0 Å². The fraction of sp³-hybridized carbons (Fsp3) is 0.714. The van der Waals surface area contributed by atoms with Crippen LogP contribution in [0.3, 0.4) is 0 Å². The quantitative estimate of drug-likeness (QED) is 0.574. The molecule has 0 atom stereocenters. The summed E-state index contributed by atoms with van der Waals surface area (Å²) < 4.78 is 0. The molecule has 0 saturated heterocycles. The maximum absolute atomic E-state index is 3.55. The first kappa shape index (κ1) is 20.3. The van der Waals surface area contributed by atoms with E-state index in [0.29, 0.717) is 10.8 Å². The smallest absolute Gasteiger partial charge is 0 e. The van der Waals surface area contributed by atoms with Crippen molar-refractivity contribution in [3.8, 4) is 0 Å². The van der Waals surface area contributed by atoms with E-state index in [-0.39, 0.29) is 51.0 Å². The van der Waals surface area contributed by atoms with Gasteiger partial charge in [0, 0.05) is 26.2 Å². The molecule has 0 radical (unpaired) electrons. The predicted octanol–water partition coefficient (Wildman–Crippen LogP) is 5.12. The van der Waals surface area contributed by atoms with E-state index in [0.717, 1.165) is 6.42 Å². The summed E-state index contributed by atoms with van der Waals surface area (Å²) >= 11 is 0. The van der Waals surface area contributed by atoms with Gasteiger partial charge in [-0.3, -0.25) is 6.08 Å². The summed E-state index contributed by atoms with van der Waals surface area (Å²) in [6.07, 6.45) is 14.7. The number of hydrogen-bond acceptors (Lipinski definition) is 0. The van der Waals surface area contributed by atoms with Gasteiger partial charge in [-0.25, -0.2) is 11.6 Å².